The minimum absolute atomic E-state index is 0.0711. The predicted octanol–water partition coefficient (Wildman–Crippen LogP) is 3.05. The van der Waals surface area contributed by atoms with Crippen molar-refractivity contribution in [2.24, 2.45) is 0 Å². The number of rotatable bonds is 10. The van der Waals surface area contributed by atoms with E-state index in [-0.39, 0.29) is 27.9 Å². The van der Waals surface area contributed by atoms with Crippen LogP contribution in [0.15, 0.2) is 47.5 Å². The van der Waals surface area contributed by atoms with Gasteiger partial charge in [0.15, 0.2) is 0 Å². The first-order valence-electron chi connectivity index (χ1n) is 9.32. The summed E-state index contributed by atoms with van der Waals surface area (Å²) in [6, 6.07) is 9.79. The van der Waals surface area contributed by atoms with Crippen molar-refractivity contribution in [3.8, 4) is 0 Å². The van der Waals surface area contributed by atoms with Gasteiger partial charge in [0.1, 0.15) is 4.90 Å². The Bertz CT molecular complexity index is 919. The maximum Gasteiger partial charge on any atom is 0.254 e. The van der Waals surface area contributed by atoms with Crippen molar-refractivity contribution in [1.29, 1.82) is 0 Å². The number of methoxy groups -OCH3 is 1. The number of carbonyl (C=O) groups excluding carboxylic acids is 1. The molecule has 0 radical (unpaired) electrons. The normalized spacial score (nSPS) is 11.6. The lowest BCUT2D eigenvalue weighted by Gasteiger charge is -2.23. The molecule has 2 aromatic rings. The van der Waals surface area contributed by atoms with E-state index in [1.54, 1.807) is 38.1 Å². The van der Waals surface area contributed by atoms with Gasteiger partial charge in [0, 0.05) is 38.5 Å². The SMILES string of the molecule is CCN(CC)S(=O)(=O)c1cc(C(=O)N(CCOC)Cc2ccccn2)ccc1Cl. The van der Waals surface area contributed by atoms with Crippen LogP contribution in [0.25, 0.3) is 0 Å². The second-order valence-corrected chi connectivity index (χ2v) is 8.59. The number of hydrogen-bond donors (Lipinski definition) is 0. The number of pyridine rings is 1. The first-order chi connectivity index (χ1) is 13.8. The van der Waals surface area contributed by atoms with Gasteiger partial charge in [-0.15, -0.1) is 0 Å². The second-order valence-electron chi connectivity index (χ2n) is 6.28. The zero-order valence-corrected chi connectivity index (χ0v) is 18.4. The van der Waals surface area contributed by atoms with Crippen LogP contribution in [0.5, 0.6) is 0 Å². The average Bonchev–Trinajstić information content (AvgIpc) is 2.72. The fourth-order valence-electron chi connectivity index (χ4n) is 2.86. The van der Waals surface area contributed by atoms with Gasteiger partial charge in [-0.3, -0.25) is 9.78 Å². The number of carbonyl (C=O) groups is 1. The van der Waals surface area contributed by atoms with E-state index in [1.807, 2.05) is 12.1 Å². The number of halogens is 1. The molecular formula is C20H26ClN3O4S. The Hall–Kier alpha value is -2.00. The van der Waals surface area contributed by atoms with E-state index >= 15 is 0 Å². The summed E-state index contributed by atoms with van der Waals surface area (Å²) in [5.41, 5.74) is 0.967. The van der Waals surface area contributed by atoms with Gasteiger partial charge >= 0.3 is 0 Å². The third-order valence-corrected chi connectivity index (χ3v) is 6.96. The van der Waals surface area contributed by atoms with Crippen molar-refractivity contribution < 1.29 is 17.9 Å². The van der Waals surface area contributed by atoms with Crippen LogP contribution in [0.1, 0.15) is 29.9 Å². The number of aromatic nitrogens is 1. The smallest absolute Gasteiger partial charge is 0.254 e. The lowest BCUT2D eigenvalue weighted by atomic mass is 10.2. The highest BCUT2D eigenvalue weighted by atomic mass is 35.5. The molecule has 7 nitrogen and oxygen atoms in total. The first kappa shape index (κ1) is 23.3. The Balaban J connectivity index is 2.39. The molecule has 0 N–H and O–H groups in total. The van der Waals surface area contributed by atoms with Gasteiger partial charge in [-0.25, -0.2) is 8.42 Å². The van der Waals surface area contributed by atoms with Gasteiger partial charge in [0.05, 0.1) is 23.9 Å². The molecule has 1 aromatic heterocycles. The molecule has 0 atom stereocenters. The Morgan fingerprint density at radius 2 is 1.90 bits per heavy atom. The molecule has 1 aromatic carbocycles. The zero-order chi connectivity index (χ0) is 21.4. The van der Waals surface area contributed by atoms with E-state index in [0.717, 1.165) is 5.69 Å². The molecule has 0 bridgehead atoms. The van der Waals surface area contributed by atoms with Gasteiger partial charge in [0.2, 0.25) is 10.0 Å². The topological polar surface area (TPSA) is 79.8 Å². The van der Waals surface area contributed by atoms with Gasteiger partial charge in [-0.05, 0) is 30.3 Å². The minimum Gasteiger partial charge on any atom is -0.383 e. The van der Waals surface area contributed by atoms with Crippen LogP contribution in [0.2, 0.25) is 5.02 Å². The summed E-state index contributed by atoms with van der Waals surface area (Å²) in [5, 5.41) is 0.0848. The summed E-state index contributed by atoms with van der Waals surface area (Å²) in [5.74, 6) is -0.319. The summed E-state index contributed by atoms with van der Waals surface area (Å²) in [4.78, 5) is 18.9. The van der Waals surface area contributed by atoms with Crippen LogP contribution in [0.3, 0.4) is 0 Å². The number of sulfonamides is 1. The molecule has 1 amide bonds. The second kappa shape index (κ2) is 10.7. The predicted molar refractivity (Wildman–Crippen MR) is 112 cm³/mol. The molecule has 0 aliphatic rings. The van der Waals surface area contributed by atoms with E-state index in [0.29, 0.717) is 26.2 Å². The number of nitrogens with zero attached hydrogens (tertiary/aromatic N) is 3. The number of ether oxygens (including phenoxy) is 1. The quantitative estimate of drug-likeness (QED) is 0.568. The molecule has 0 aliphatic carbocycles. The molecule has 29 heavy (non-hydrogen) atoms. The first-order valence-corrected chi connectivity index (χ1v) is 11.1. The van der Waals surface area contributed by atoms with Crippen molar-refractivity contribution in [3.63, 3.8) is 0 Å². The van der Waals surface area contributed by atoms with Gasteiger partial charge in [0.25, 0.3) is 5.91 Å². The van der Waals surface area contributed by atoms with Crippen molar-refractivity contribution in [1.82, 2.24) is 14.2 Å². The summed E-state index contributed by atoms with van der Waals surface area (Å²) in [7, 11) is -2.24. The number of benzene rings is 1. The third-order valence-electron chi connectivity index (χ3n) is 4.43. The van der Waals surface area contributed by atoms with Crippen molar-refractivity contribution in [3.05, 3.63) is 58.9 Å². The molecule has 1 heterocycles. The molecule has 0 saturated heterocycles. The molecule has 9 heteroatoms. The highest BCUT2D eigenvalue weighted by Crippen LogP contribution is 2.26. The fourth-order valence-corrected chi connectivity index (χ4v) is 4.82. The highest BCUT2D eigenvalue weighted by molar-refractivity contribution is 7.89. The average molecular weight is 440 g/mol. The standard InChI is InChI=1S/C20H26ClN3O4S/c1-4-24(5-2)29(26,27)19-14-16(9-10-18(19)21)20(25)23(12-13-28-3)15-17-8-6-7-11-22-17/h6-11,14H,4-5,12-13,15H2,1-3H3. The molecule has 0 fully saturated rings. The van der Waals surface area contributed by atoms with Crippen LogP contribution in [-0.4, -0.2) is 61.9 Å². The summed E-state index contributed by atoms with van der Waals surface area (Å²) >= 11 is 6.18. The molecule has 0 spiro atoms. The molecule has 2 rings (SSSR count). The van der Waals surface area contributed by atoms with Gasteiger partial charge in [-0.1, -0.05) is 31.5 Å². The summed E-state index contributed by atoms with van der Waals surface area (Å²) in [6.07, 6.45) is 1.66. The van der Waals surface area contributed by atoms with Crippen LogP contribution in [-0.2, 0) is 21.3 Å². The van der Waals surface area contributed by atoms with E-state index in [4.69, 9.17) is 16.3 Å². The Morgan fingerprint density at radius 1 is 1.17 bits per heavy atom. The molecule has 0 saturated carbocycles. The van der Waals surface area contributed by atoms with E-state index in [9.17, 15) is 13.2 Å². The molecule has 0 aliphatic heterocycles. The lowest BCUT2D eigenvalue weighted by molar-refractivity contribution is 0.0677. The largest absolute Gasteiger partial charge is 0.383 e. The molecule has 0 unspecified atom stereocenters. The van der Waals surface area contributed by atoms with Crippen LogP contribution < -0.4 is 0 Å². The molecule has 158 valence electrons. The van der Waals surface area contributed by atoms with Crippen LogP contribution in [0.4, 0.5) is 0 Å². The summed E-state index contributed by atoms with van der Waals surface area (Å²) < 4.78 is 32.2. The van der Waals surface area contributed by atoms with Crippen molar-refractivity contribution >= 4 is 27.5 Å². The highest BCUT2D eigenvalue weighted by Gasteiger charge is 2.26. The monoisotopic (exact) mass is 439 g/mol. The van der Waals surface area contributed by atoms with Crippen LogP contribution in [0, 0.1) is 0 Å². The van der Waals surface area contributed by atoms with Crippen molar-refractivity contribution in [2.45, 2.75) is 25.3 Å². The van der Waals surface area contributed by atoms with E-state index in [1.165, 1.54) is 22.5 Å². The maximum absolute atomic E-state index is 13.1. The van der Waals surface area contributed by atoms with Gasteiger partial charge < -0.3 is 9.64 Å². The molecular weight excluding hydrogens is 414 g/mol. The minimum atomic E-state index is -3.80. The van der Waals surface area contributed by atoms with Crippen LogP contribution >= 0.6 is 11.6 Å². The Labute approximate surface area is 177 Å². The fraction of sp³-hybridized carbons (Fsp3) is 0.400. The maximum atomic E-state index is 13.1. The third kappa shape index (κ3) is 5.76. The number of hydrogen-bond acceptors (Lipinski definition) is 5. The summed E-state index contributed by atoms with van der Waals surface area (Å²) in [6.45, 7) is 5.10. The van der Waals surface area contributed by atoms with E-state index < -0.39 is 10.0 Å². The van der Waals surface area contributed by atoms with E-state index in [2.05, 4.69) is 4.98 Å². The zero-order valence-electron chi connectivity index (χ0n) is 16.8. The van der Waals surface area contributed by atoms with Gasteiger partial charge in [-0.2, -0.15) is 4.31 Å². The van der Waals surface area contributed by atoms with Crippen molar-refractivity contribution in [2.75, 3.05) is 33.4 Å². The lowest BCUT2D eigenvalue weighted by Crippen LogP contribution is -2.34. The Morgan fingerprint density at radius 3 is 2.48 bits per heavy atom. The Kier molecular flexibility index (Phi) is 8.58. The number of amides is 1.